The molecular formula is C40H32N6O4S2. The number of thioether (sulfide) groups is 2. The van der Waals surface area contributed by atoms with Crippen molar-refractivity contribution in [3.05, 3.63) is 132 Å². The van der Waals surface area contributed by atoms with Crippen LogP contribution in [-0.2, 0) is 24.3 Å². The van der Waals surface area contributed by atoms with Crippen LogP contribution in [0.1, 0.15) is 34.0 Å². The van der Waals surface area contributed by atoms with Gasteiger partial charge < -0.3 is 17.7 Å². The van der Waals surface area contributed by atoms with Gasteiger partial charge in [0.25, 0.3) is 10.4 Å². The quantitative estimate of drug-likeness (QED) is 0.0828. The van der Waals surface area contributed by atoms with Crippen LogP contribution in [-0.4, -0.2) is 30.4 Å². The van der Waals surface area contributed by atoms with E-state index in [-0.39, 0.29) is 0 Å². The number of hydrogen-bond donors (Lipinski definition) is 0. The van der Waals surface area contributed by atoms with E-state index in [0.29, 0.717) is 69.5 Å². The lowest BCUT2D eigenvalue weighted by molar-refractivity contribution is 0.484. The van der Waals surface area contributed by atoms with E-state index in [0.717, 1.165) is 55.5 Å². The van der Waals surface area contributed by atoms with Crippen molar-refractivity contribution in [3.63, 3.8) is 0 Å². The number of aryl methyl sites for hydroxylation is 2. The van der Waals surface area contributed by atoms with Gasteiger partial charge in [0.15, 0.2) is 11.2 Å². The minimum atomic E-state index is 0.409. The number of rotatable bonds is 13. The van der Waals surface area contributed by atoms with Gasteiger partial charge in [-0.2, -0.15) is 0 Å². The van der Waals surface area contributed by atoms with E-state index < -0.39 is 0 Å². The summed E-state index contributed by atoms with van der Waals surface area (Å²) in [6, 6.07) is 24.1. The van der Waals surface area contributed by atoms with E-state index in [1.807, 2.05) is 86.7 Å². The molecule has 0 saturated carbocycles. The Balaban J connectivity index is 1.07. The first-order valence-electron chi connectivity index (χ1n) is 16.6. The third-order valence-electron chi connectivity index (χ3n) is 8.46. The summed E-state index contributed by atoms with van der Waals surface area (Å²) in [6.07, 6.45) is 5.00. The third-order valence-corrected chi connectivity index (χ3v) is 10.1. The molecule has 0 radical (unpaired) electrons. The van der Waals surface area contributed by atoms with Gasteiger partial charge in [0.2, 0.25) is 23.6 Å². The van der Waals surface area contributed by atoms with Gasteiger partial charge in [-0.25, -0.2) is 9.97 Å². The fourth-order valence-corrected chi connectivity index (χ4v) is 7.29. The maximum Gasteiger partial charge on any atom is 0.257 e. The van der Waals surface area contributed by atoms with E-state index in [4.69, 9.17) is 27.6 Å². The molecule has 4 heterocycles. The molecule has 0 fully saturated rings. The number of oxazole rings is 2. The molecule has 0 N–H and O–H groups in total. The summed E-state index contributed by atoms with van der Waals surface area (Å²) in [5.41, 5.74) is 10.7. The molecule has 0 aliphatic heterocycles. The summed E-state index contributed by atoms with van der Waals surface area (Å²) in [5.74, 6) is 2.78. The predicted molar refractivity (Wildman–Crippen MR) is 203 cm³/mol. The van der Waals surface area contributed by atoms with Gasteiger partial charge in [-0.15, -0.1) is 33.6 Å². The van der Waals surface area contributed by atoms with Crippen LogP contribution in [0, 0.1) is 13.8 Å². The Morgan fingerprint density at radius 2 is 1.15 bits per heavy atom. The van der Waals surface area contributed by atoms with Crippen LogP contribution >= 0.6 is 23.5 Å². The minimum absolute atomic E-state index is 0.409. The average molecular weight is 725 g/mol. The van der Waals surface area contributed by atoms with Gasteiger partial charge in [0.1, 0.15) is 11.0 Å². The molecule has 0 unspecified atom stereocenters. The maximum atomic E-state index is 6.41. The molecule has 10 nitrogen and oxygen atoms in total. The van der Waals surface area contributed by atoms with Crippen molar-refractivity contribution in [2.45, 2.75) is 48.6 Å². The van der Waals surface area contributed by atoms with Gasteiger partial charge >= 0.3 is 0 Å². The summed E-state index contributed by atoms with van der Waals surface area (Å²) >= 11 is 2.80. The topological polar surface area (TPSA) is 130 Å². The van der Waals surface area contributed by atoms with Crippen LogP contribution in [0.3, 0.4) is 0 Å². The molecular weight excluding hydrogens is 693 g/mol. The number of hydrogen-bond acceptors (Lipinski definition) is 12. The van der Waals surface area contributed by atoms with Gasteiger partial charge in [-0.05, 0) is 85.3 Å². The van der Waals surface area contributed by atoms with Gasteiger partial charge in [-0.3, -0.25) is 0 Å². The Kier molecular flexibility index (Phi) is 9.31. The second-order valence-corrected chi connectivity index (χ2v) is 14.0. The lowest BCUT2D eigenvalue weighted by Gasteiger charge is -2.08. The molecule has 0 saturated heterocycles. The average Bonchev–Trinajstić information content (AvgIpc) is 3.96. The fraction of sp³-hybridized carbons (Fsp3) is 0.150. The summed E-state index contributed by atoms with van der Waals surface area (Å²) in [6.45, 7) is 12.0. The number of nitrogens with zero attached hydrogens (tertiary/aromatic N) is 6. The smallest absolute Gasteiger partial charge is 0.257 e. The van der Waals surface area contributed by atoms with E-state index in [1.54, 1.807) is 0 Å². The van der Waals surface area contributed by atoms with E-state index in [9.17, 15) is 0 Å². The van der Waals surface area contributed by atoms with Crippen LogP contribution < -0.4 is 0 Å². The van der Waals surface area contributed by atoms with Crippen molar-refractivity contribution < 1.29 is 17.7 Å². The number of benzene rings is 4. The molecule has 0 aliphatic carbocycles. The Bertz CT molecular complexity index is 2580. The molecule has 0 amide bonds. The first kappa shape index (κ1) is 33.4. The van der Waals surface area contributed by atoms with E-state index in [2.05, 4.69) is 45.7 Å². The molecule has 258 valence electrons. The molecule has 0 spiro atoms. The largest absolute Gasteiger partial charge is 0.431 e. The van der Waals surface area contributed by atoms with Crippen molar-refractivity contribution in [1.82, 2.24) is 30.4 Å². The van der Waals surface area contributed by atoms with Gasteiger partial charge in [0, 0.05) is 22.3 Å². The molecule has 12 heteroatoms. The Hall–Kier alpha value is -5.72. The second kappa shape index (κ2) is 14.5. The fourth-order valence-electron chi connectivity index (χ4n) is 5.95. The van der Waals surface area contributed by atoms with Crippen molar-refractivity contribution in [1.29, 1.82) is 0 Å². The highest BCUT2D eigenvalue weighted by Crippen LogP contribution is 2.38. The first-order valence-corrected chi connectivity index (χ1v) is 18.5. The lowest BCUT2D eigenvalue weighted by atomic mass is 9.97. The number of aromatic nitrogens is 6. The van der Waals surface area contributed by atoms with Crippen LogP contribution in [0.5, 0.6) is 0 Å². The molecule has 8 aromatic rings. The van der Waals surface area contributed by atoms with Crippen molar-refractivity contribution in [2.75, 3.05) is 0 Å². The molecule has 4 aromatic carbocycles. The minimum Gasteiger partial charge on any atom is -0.431 e. The molecule has 52 heavy (non-hydrogen) atoms. The molecule has 0 atom stereocenters. The normalized spacial score (nSPS) is 11.5. The third kappa shape index (κ3) is 6.82. The highest BCUT2D eigenvalue weighted by Gasteiger charge is 2.20. The second-order valence-electron chi connectivity index (χ2n) is 12.1. The zero-order valence-electron chi connectivity index (χ0n) is 28.5. The van der Waals surface area contributed by atoms with E-state index in [1.165, 1.54) is 23.5 Å². The van der Waals surface area contributed by atoms with Crippen molar-refractivity contribution in [3.8, 4) is 34.0 Å². The lowest BCUT2D eigenvalue weighted by Crippen LogP contribution is -1.89. The highest BCUT2D eigenvalue weighted by atomic mass is 32.2. The first-order chi connectivity index (χ1) is 25.4. The van der Waals surface area contributed by atoms with Crippen LogP contribution in [0.25, 0.3) is 56.2 Å². The van der Waals surface area contributed by atoms with Crippen molar-refractivity contribution in [2.24, 2.45) is 0 Å². The van der Waals surface area contributed by atoms with E-state index >= 15 is 0 Å². The summed E-state index contributed by atoms with van der Waals surface area (Å²) in [5, 5.41) is 18.0. The Morgan fingerprint density at radius 3 is 1.73 bits per heavy atom. The molecule has 8 rings (SSSR count). The number of fused-ring (bicyclic) bond motifs is 2. The SMILES string of the molecule is C=CCc1cc(-c2cc(CC=C)c3oc(SCc4nnc(-c5ccccc5C)o4)nc3c2)c2oc(SCc3nnc(-c4ccccc4C)o3)nc2c1. The maximum absolute atomic E-state index is 6.41. The van der Waals surface area contributed by atoms with Gasteiger partial charge in [0.05, 0.1) is 11.5 Å². The standard InChI is InChI=1S/C40H32N6O4S2/c1-5-11-25-17-30(36-31(18-25)41-40(50-36)52-22-34-44-46-38(48-34)29-16-10-8-14-24(29)4)27-19-26(12-6-2)35-32(20-27)42-39(49-35)51-21-33-43-45-37(47-33)28-15-9-7-13-23(28)3/h5-10,13-20H,1-2,11-12,21-22H2,3-4H3. The Labute approximate surface area is 307 Å². The van der Waals surface area contributed by atoms with Crippen LogP contribution in [0.2, 0.25) is 0 Å². The highest BCUT2D eigenvalue weighted by molar-refractivity contribution is 7.98. The zero-order chi connectivity index (χ0) is 35.6. The Morgan fingerprint density at radius 1 is 0.596 bits per heavy atom. The monoisotopic (exact) mass is 724 g/mol. The molecule has 0 aliphatic rings. The summed E-state index contributed by atoms with van der Waals surface area (Å²) in [7, 11) is 0. The zero-order valence-corrected chi connectivity index (χ0v) is 30.1. The van der Waals surface area contributed by atoms with Gasteiger partial charge in [-0.1, -0.05) is 72.1 Å². The molecule has 0 bridgehead atoms. The summed E-state index contributed by atoms with van der Waals surface area (Å²) in [4.78, 5) is 9.69. The number of allylic oxidation sites excluding steroid dienone is 2. The predicted octanol–water partition coefficient (Wildman–Crippen LogP) is 10.4. The summed E-state index contributed by atoms with van der Waals surface area (Å²) < 4.78 is 24.6. The van der Waals surface area contributed by atoms with Crippen molar-refractivity contribution >= 4 is 45.7 Å². The van der Waals surface area contributed by atoms with Crippen LogP contribution in [0.15, 0.2) is 126 Å². The molecule has 4 aromatic heterocycles. The van der Waals surface area contributed by atoms with Crippen LogP contribution in [0.4, 0.5) is 0 Å².